The molecular weight excluding hydrogens is 170 g/mol. The number of aryl methyl sites for hydroxylation is 2. The number of rotatable bonds is 6. The summed E-state index contributed by atoms with van der Waals surface area (Å²) < 4.78 is 0. The molecule has 0 aliphatic rings. The summed E-state index contributed by atoms with van der Waals surface area (Å²) in [4.78, 5) is 0. The Morgan fingerprint density at radius 1 is 0.929 bits per heavy atom. The first-order chi connectivity index (χ1) is 6.86. The molecule has 1 nitrogen and oxygen atoms in total. The number of benzene rings is 1. The number of unbranched alkanes of at least 4 members (excludes halogenated alkanes) is 1. The van der Waals surface area contributed by atoms with Crippen LogP contribution in [0.15, 0.2) is 24.3 Å². The lowest BCUT2D eigenvalue weighted by Crippen LogP contribution is -1.99. The Labute approximate surface area is 87.3 Å². The molecule has 0 aliphatic heterocycles. The van der Waals surface area contributed by atoms with E-state index >= 15 is 0 Å². The van der Waals surface area contributed by atoms with Crippen molar-refractivity contribution in [1.82, 2.24) is 0 Å². The molecular formula is C13H21N. The summed E-state index contributed by atoms with van der Waals surface area (Å²) in [6.45, 7) is 3.03. The van der Waals surface area contributed by atoms with Crippen molar-refractivity contribution in [3.05, 3.63) is 35.4 Å². The van der Waals surface area contributed by atoms with Crippen molar-refractivity contribution >= 4 is 0 Å². The van der Waals surface area contributed by atoms with Gasteiger partial charge in [-0.3, -0.25) is 0 Å². The summed E-state index contributed by atoms with van der Waals surface area (Å²) in [6, 6.07) is 9.01. The third-order valence-electron chi connectivity index (χ3n) is 2.48. The van der Waals surface area contributed by atoms with E-state index in [4.69, 9.17) is 5.73 Å². The molecule has 0 aliphatic carbocycles. The average Bonchev–Trinajstić information content (AvgIpc) is 2.21. The van der Waals surface area contributed by atoms with E-state index in [2.05, 4.69) is 31.2 Å². The van der Waals surface area contributed by atoms with Gasteiger partial charge in [-0.25, -0.2) is 0 Å². The SMILES string of the molecule is CCCc1ccc(CCCCN)cc1. The van der Waals surface area contributed by atoms with E-state index in [1.807, 2.05) is 0 Å². The fourth-order valence-electron chi connectivity index (χ4n) is 1.63. The highest BCUT2D eigenvalue weighted by Crippen LogP contribution is 2.09. The van der Waals surface area contributed by atoms with Gasteiger partial charge >= 0.3 is 0 Å². The van der Waals surface area contributed by atoms with Crippen molar-refractivity contribution in [3.63, 3.8) is 0 Å². The van der Waals surface area contributed by atoms with Gasteiger partial charge in [-0.1, -0.05) is 37.6 Å². The number of hydrogen-bond acceptors (Lipinski definition) is 1. The Hall–Kier alpha value is -0.820. The van der Waals surface area contributed by atoms with Crippen LogP contribution in [0.25, 0.3) is 0 Å². The van der Waals surface area contributed by atoms with Gasteiger partial charge in [-0.05, 0) is 43.4 Å². The highest BCUT2D eigenvalue weighted by molar-refractivity contribution is 5.22. The summed E-state index contributed by atoms with van der Waals surface area (Å²) in [7, 11) is 0. The van der Waals surface area contributed by atoms with Gasteiger partial charge in [-0.15, -0.1) is 0 Å². The van der Waals surface area contributed by atoms with Gasteiger partial charge in [0.05, 0.1) is 0 Å². The standard InChI is InChI=1S/C13H21N/c1-2-5-12-7-9-13(10-8-12)6-3-4-11-14/h7-10H,2-6,11,14H2,1H3. The molecule has 1 aromatic carbocycles. The zero-order chi connectivity index (χ0) is 10.2. The topological polar surface area (TPSA) is 26.0 Å². The molecule has 14 heavy (non-hydrogen) atoms. The summed E-state index contributed by atoms with van der Waals surface area (Å²) in [6.07, 6.45) is 5.94. The molecule has 0 unspecified atom stereocenters. The predicted molar refractivity (Wildman–Crippen MR) is 62.4 cm³/mol. The first-order valence-corrected chi connectivity index (χ1v) is 5.64. The van der Waals surface area contributed by atoms with Crippen LogP contribution in [-0.4, -0.2) is 6.54 Å². The van der Waals surface area contributed by atoms with Gasteiger partial charge < -0.3 is 5.73 Å². The summed E-state index contributed by atoms with van der Waals surface area (Å²) >= 11 is 0. The third kappa shape index (κ3) is 3.93. The minimum absolute atomic E-state index is 0.813. The highest BCUT2D eigenvalue weighted by atomic mass is 14.5. The maximum atomic E-state index is 5.46. The van der Waals surface area contributed by atoms with Crippen LogP contribution in [0.4, 0.5) is 0 Å². The van der Waals surface area contributed by atoms with Crippen LogP contribution in [0.1, 0.15) is 37.3 Å². The van der Waals surface area contributed by atoms with Gasteiger partial charge in [0.2, 0.25) is 0 Å². The lowest BCUT2D eigenvalue weighted by molar-refractivity contribution is 0.744. The van der Waals surface area contributed by atoms with Crippen molar-refractivity contribution in [2.75, 3.05) is 6.54 Å². The van der Waals surface area contributed by atoms with E-state index in [0.29, 0.717) is 0 Å². The van der Waals surface area contributed by atoms with Crippen LogP contribution >= 0.6 is 0 Å². The van der Waals surface area contributed by atoms with Crippen LogP contribution in [0.5, 0.6) is 0 Å². The molecule has 1 rings (SSSR count). The molecule has 0 saturated heterocycles. The second-order valence-corrected chi connectivity index (χ2v) is 3.81. The van der Waals surface area contributed by atoms with Crippen molar-refractivity contribution in [1.29, 1.82) is 0 Å². The predicted octanol–water partition coefficient (Wildman–Crippen LogP) is 2.92. The average molecular weight is 191 g/mol. The van der Waals surface area contributed by atoms with Crippen molar-refractivity contribution in [2.45, 2.75) is 39.0 Å². The quantitative estimate of drug-likeness (QED) is 0.687. The van der Waals surface area contributed by atoms with Gasteiger partial charge in [0.15, 0.2) is 0 Å². The second-order valence-electron chi connectivity index (χ2n) is 3.81. The zero-order valence-corrected chi connectivity index (χ0v) is 9.13. The normalized spacial score (nSPS) is 10.4. The van der Waals surface area contributed by atoms with E-state index in [1.54, 1.807) is 0 Å². The van der Waals surface area contributed by atoms with E-state index in [1.165, 1.54) is 36.8 Å². The Balaban J connectivity index is 2.38. The number of hydrogen-bond donors (Lipinski definition) is 1. The smallest absolute Gasteiger partial charge is 0.00772 e. The van der Waals surface area contributed by atoms with Crippen LogP contribution in [0.2, 0.25) is 0 Å². The van der Waals surface area contributed by atoms with E-state index in [0.717, 1.165) is 13.0 Å². The minimum Gasteiger partial charge on any atom is -0.330 e. The molecule has 0 saturated carbocycles. The number of nitrogens with two attached hydrogens (primary N) is 1. The lowest BCUT2D eigenvalue weighted by atomic mass is 10.0. The van der Waals surface area contributed by atoms with Gasteiger partial charge in [0, 0.05) is 0 Å². The Morgan fingerprint density at radius 2 is 1.50 bits per heavy atom. The molecule has 0 fully saturated rings. The van der Waals surface area contributed by atoms with Crippen molar-refractivity contribution in [3.8, 4) is 0 Å². The summed E-state index contributed by atoms with van der Waals surface area (Å²) in [5.74, 6) is 0. The largest absolute Gasteiger partial charge is 0.330 e. The molecule has 1 heteroatoms. The molecule has 0 atom stereocenters. The van der Waals surface area contributed by atoms with E-state index < -0.39 is 0 Å². The fourth-order valence-corrected chi connectivity index (χ4v) is 1.63. The first kappa shape index (κ1) is 11.3. The molecule has 78 valence electrons. The summed E-state index contributed by atoms with van der Waals surface area (Å²) in [5, 5.41) is 0. The Morgan fingerprint density at radius 3 is 2.00 bits per heavy atom. The maximum absolute atomic E-state index is 5.46. The first-order valence-electron chi connectivity index (χ1n) is 5.64. The van der Waals surface area contributed by atoms with Crippen LogP contribution in [0, 0.1) is 0 Å². The molecule has 0 amide bonds. The van der Waals surface area contributed by atoms with E-state index in [-0.39, 0.29) is 0 Å². The molecule has 0 radical (unpaired) electrons. The van der Waals surface area contributed by atoms with Gasteiger partial charge in [0.25, 0.3) is 0 Å². The molecule has 2 N–H and O–H groups in total. The highest BCUT2D eigenvalue weighted by Gasteiger charge is 1.94. The van der Waals surface area contributed by atoms with Gasteiger partial charge in [0.1, 0.15) is 0 Å². The molecule has 0 heterocycles. The Bertz CT molecular complexity index is 238. The monoisotopic (exact) mass is 191 g/mol. The van der Waals surface area contributed by atoms with Crippen LogP contribution < -0.4 is 5.73 Å². The minimum atomic E-state index is 0.813. The maximum Gasteiger partial charge on any atom is -0.00772 e. The summed E-state index contributed by atoms with van der Waals surface area (Å²) in [5.41, 5.74) is 8.35. The molecule has 1 aromatic rings. The zero-order valence-electron chi connectivity index (χ0n) is 9.13. The third-order valence-corrected chi connectivity index (χ3v) is 2.48. The van der Waals surface area contributed by atoms with Crippen LogP contribution in [-0.2, 0) is 12.8 Å². The van der Waals surface area contributed by atoms with E-state index in [9.17, 15) is 0 Å². The fraction of sp³-hybridized carbons (Fsp3) is 0.538. The van der Waals surface area contributed by atoms with Gasteiger partial charge in [-0.2, -0.15) is 0 Å². The second kappa shape index (κ2) is 6.61. The molecule has 0 bridgehead atoms. The Kier molecular flexibility index (Phi) is 5.31. The van der Waals surface area contributed by atoms with Crippen molar-refractivity contribution in [2.24, 2.45) is 5.73 Å². The lowest BCUT2D eigenvalue weighted by Gasteiger charge is -2.02. The van der Waals surface area contributed by atoms with Crippen molar-refractivity contribution < 1.29 is 0 Å². The van der Waals surface area contributed by atoms with Crippen LogP contribution in [0.3, 0.4) is 0 Å². The molecule has 0 aromatic heterocycles. The molecule has 0 spiro atoms.